The number of benzene rings is 1. The number of halogens is 3. The Bertz CT molecular complexity index is 410. The second-order valence-electron chi connectivity index (χ2n) is 4.20. The van der Waals surface area contributed by atoms with Gasteiger partial charge in [-0.05, 0) is 36.6 Å². The minimum absolute atomic E-state index is 0.286. The van der Waals surface area contributed by atoms with Gasteiger partial charge < -0.3 is 10.5 Å². The molecular formula is C12H18F3N3O. The van der Waals surface area contributed by atoms with Crippen LogP contribution in [0.3, 0.4) is 0 Å². The standard InChI is InChI=1S/C12H18F3N3O/c1-19-6-2-3-11(18-17)9-7-8(12(13,14)15)4-5-10(9)16/h4-5,7,11,18H,2-3,6,16-17H2,1H3. The zero-order valence-corrected chi connectivity index (χ0v) is 10.6. The molecule has 0 heterocycles. The van der Waals surface area contributed by atoms with Gasteiger partial charge in [-0.15, -0.1) is 0 Å². The normalized spacial score (nSPS) is 13.5. The zero-order chi connectivity index (χ0) is 14.5. The second-order valence-corrected chi connectivity index (χ2v) is 4.20. The third-order valence-corrected chi connectivity index (χ3v) is 2.83. The molecule has 0 spiro atoms. The summed E-state index contributed by atoms with van der Waals surface area (Å²) in [6, 6.07) is 2.81. The van der Waals surface area contributed by atoms with E-state index in [1.165, 1.54) is 6.07 Å². The number of anilines is 1. The van der Waals surface area contributed by atoms with Crippen molar-refractivity contribution in [3.05, 3.63) is 29.3 Å². The van der Waals surface area contributed by atoms with E-state index in [9.17, 15) is 13.2 Å². The topological polar surface area (TPSA) is 73.3 Å². The fourth-order valence-corrected chi connectivity index (χ4v) is 1.81. The lowest BCUT2D eigenvalue weighted by molar-refractivity contribution is -0.137. The number of hydrogen-bond donors (Lipinski definition) is 3. The van der Waals surface area contributed by atoms with Gasteiger partial charge in [0.25, 0.3) is 0 Å². The summed E-state index contributed by atoms with van der Waals surface area (Å²) in [5, 5.41) is 0. The van der Waals surface area contributed by atoms with E-state index in [0.717, 1.165) is 12.1 Å². The van der Waals surface area contributed by atoms with Crippen LogP contribution in [-0.2, 0) is 10.9 Å². The number of nitrogens with one attached hydrogen (secondary N) is 1. The first kappa shape index (κ1) is 15.7. The van der Waals surface area contributed by atoms with Crippen LogP contribution in [0.5, 0.6) is 0 Å². The minimum Gasteiger partial charge on any atom is -0.398 e. The Morgan fingerprint density at radius 3 is 2.58 bits per heavy atom. The average molecular weight is 277 g/mol. The van der Waals surface area contributed by atoms with Crippen molar-refractivity contribution in [2.24, 2.45) is 5.84 Å². The molecular weight excluding hydrogens is 259 g/mol. The average Bonchev–Trinajstić information content (AvgIpc) is 2.34. The Hall–Kier alpha value is -1.31. The van der Waals surface area contributed by atoms with Crippen molar-refractivity contribution in [1.29, 1.82) is 0 Å². The fourth-order valence-electron chi connectivity index (χ4n) is 1.81. The summed E-state index contributed by atoms with van der Waals surface area (Å²) in [6.07, 6.45) is -3.19. The van der Waals surface area contributed by atoms with Crippen molar-refractivity contribution in [3.63, 3.8) is 0 Å². The molecule has 1 aromatic carbocycles. The van der Waals surface area contributed by atoms with Gasteiger partial charge in [0, 0.05) is 25.4 Å². The minimum atomic E-state index is -4.39. The molecule has 0 saturated heterocycles. The highest BCUT2D eigenvalue weighted by molar-refractivity contribution is 5.50. The maximum absolute atomic E-state index is 12.7. The molecule has 0 aliphatic rings. The Balaban J connectivity index is 2.95. The Kier molecular flexibility index (Phi) is 5.59. The van der Waals surface area contributed by atoms with Gasteiger partial charge in [0.1, 0.15) is 0 Å². The molecule has 7 heteroatoms. The van der Waals surface area contributed by atoms with E-state index >= 15 is 0 Å². The highest BCUT2D eigenvalue weighted by atomic mass is 19.4. The van der Waals surface area contributed by atoms with E-state index in [1.807, 2.05) is 0 Å². The summed E-state index contributed by atoms with van der Waals surface area (Å²) < 4.78 is 42.9. The molecule has 1 atom stereocenters. The highest BCUT2D eigenvalue weighted by Gasteiger charge is 2.31. The molecule has 108 valence electrons. The van der Waals surface area contributed by atoms with Gasteiger partial charge in [-0.25, -0.2) is 0 Å². The predicted molar refractivity (Wildman–Crippen MR) is 67.0 cm³/mol. The monoisotopic (exact) mass is 277 g/mol. The third-order valence-electron chi connectivity index (χ3n) is 2.83. The van der Waals surface area contributed by atoms with Gasteiger partial charge in [-0.2, -0.15) is 13.2 Å². The van der Waals surface area contributed by atoms with Crippen molar-refractivity contribution in [2.75, 3.05) is 19.5 Å². The molecule has 1 aromatic rings. The summed E-state index contributed by atoms with van der Waals surface area (Å²) >= 11 is 0. The first-order valence-electron chi connectivity index (χ1n) is 5.81. The summed E-state index contributed by atoms with van der Waals surface area (Å²) in [4.78, 5) is 0. The maximum atomic E-state index is 12.7. The van der Waals surface area contributed by atoms with Crippen LogP contribution in [-0.4, -0.2) is 13.7 Å². The van der Waals surface area contributed by atoms with Gasteiger partial charge in [0.05, 0.1) is 5.56 Å². The number of ether oxygens (including phenoxy) is 1. The zero-order valence-electron chi connectivity index (χ0n) is 10.6. The molecule has 1 rings (SSSR count). The first-order chi connectivity index (χ1) is 8.90. The van der Waals surface area contributed by atoms with Crippen LogP contribution in [0.4, 0.5) is 18.9 Å². The van der Waals surface area contributed by atoms with Crippen LogP contribution in [0.2, 0.25) is 0 Å². The lowest BCUT2D eigenvalue weighted by Gasteiger charge is -2.19. The van der Waals surface area contributed by atoms with Gasteiger partial charge in [0.2, 0.25) is 0 Å². The van der Waals surface area contributed by atoms with Crippen LogP contribution in [0, 0.1) is 0 Å². The molecule has 0 radical (unpaired) electrons. The van der Waals surface area contributed by atoms with Crippen LogP contribution >= 0.6 is 0 Å². The van der Waals surface area contributed by atoms with E-state index in [0.29, 0.717) is 25.0 Å². The van der Waals surface area contributed by atoms with Crippen molar-refractivity contribution >= 4 is 5.69 Å². The molecule has 5 N–H and O–H groups in total. The number of rotatable bonds is 6. The van der Waals surface area contributed by atoms with Gasteiger partial charge >= 0.3 is 6.18 Å². The van der Waals surface area contributed by atoms with Crippen LogP contribution in [0.1, 0.15) is 30.0 Å². The lowest BCUT2D eigenvalue weighted by Crippen LogP contribution is -2.29. The fraction of sp³-hybridized carbons (Fsp3) is 0.500. The maximum Gasteiger partial charge on any atom is 0.416 e. The van der Waals surface area contributed by atoms with Crippen molar-refractivity contribution in [2.45, 2.75) is 25.1 Å². The molecule has 0 aliphatic carbocycles. The van der Waals surface area contributed by atoms with E-state index in [1.54, 1.807) is 7.11 Å². The van der Waals surface area contributed by atoms with E-state index in [4.69, 9.17) is 16.3 Å². The van der Waals surface area contributed by atoms with Gasteiger partial charge in [-0.3, -0.25) is 11.3 Å². The first-order valence-corrected chi connectivity index (χ1v) is 5.81. The lowest BCUT2D eigenvalue weighted by atomic mass is 9.98. The smallest absolute Gasteiger partial charge is 0.398 e. The van der Waals surface area contributed by atoms with E-state index < -0.39 is 17.8 Å². The molecule has 0 aromatic heterocycles. The van der Waals surface area contributed by atoms with Crippen LogP contribution in [0.15, 0.2) is 18.2 Å². The number of nitrogens with two attached hydrogens (primary N) is 2. The number of alkyl halides is 3. The highest BCUT2D eigenvalue weighted by Crippen LogP contribution is 2.33. The van der Waals surface area contributed by atoms with Crippen LogP contribution < -0.4 is 17.0 Å². The summed E-state index contributed by atoms with van der Waals surface area (Å²) in [5.41, 5.74) is 8.12. The summed E-state index contributed by atoms with van der Waals surface area (Å²) in [7, 11) is 1.56. The molecule has 0 amide bonds. The Morgan fingerprint density at radius 2 is 2.05 bits per heavy atom. The number of hydrazine groups is 1. The van der Waals surface area contributed by atoms with E-state index in [2.05, 4.69) is 5.43 Å². The molecule has 0 fully saturated rings. The number of nitrogen functional groups attached to an aromatic ring is 1. The quantitative estimate of drug-likeness (QED) is 0.322. The molecule has 0 bridgehead atoms. The largest absolute Gasteiger partial charge is 0.416 e. The second kappa shape index (κ2) is 6.74. The van der Waals surface area contributed by atoms with Crippen molar-refractivity contribution < 1.29 is 17.9 Å². The predicted octanol–water partition coefficient (Wildman–Crippen LogP) is 2.22. The summed E-state index contributed by atoms with van der Waals surface area (Å²) in [5.74, 6) is 5.39. The SMILES string of the molecule is COCCCC(NN)c1cc(C(F)(F)F)ccc1N. The van der Waals surface area contributed by atoms with E-state index in [-0.39, 0.29) is 5.69 Å². The van der Waals surface area contributed by atoms with Crippen molar-refractivity contribution in [3.8, 4) is 0 Å². The third kappa shape index (κ3) is 4.38. The summed E-state index contributed by atoms with van der Waals surface area (Å²) in [6.45, 7) is 0.511. The Morgan fingerprint density at radius 1 is 1.37 bits per heavy atom. The van der Waals surface area contributed by atoms with Gasteiger partial charge in [-0.1, -0.05) is 0 Å². The van der Waals surface area contributed by atoms with Crippen molar-refractivity contribution in [1.82, 2.24) is 5.43 Å². The molecule has 19 heavy (non-hydrogen) atoms. The molecule has 1 unspecified atom stereocenters. The molecule has 0 aliphatic heterocycles. The number of hydrogen-bond acceptors (Lipinski definition) is 4. The Labute approximate surface area is 109 Å². The molecule has 4 nitrogen and oxygen atoms in total. The van der Waals surface area contributed by atoms with Gasteiger partial charge in [0.15, 0.2) is 0 Å². The van der Waals surface area contributed by atoms with Crippen LogP contribution in [0.25, 0.3) is 0 Å². The number of methoxy groups -OCH3 is 1. The molecule has 0 saturated carbocycles.